The van der Waals surface area contributed by atoms with Crippen LogP contribution in [0.5, 0.6) is 0 Å². The molecule has 4 rings (SSSR count). The standard InChI is InChI=1S/C18H17N3O/c22-18(20-15-5-4-12-2-1-3-13(12)10-15)21-16-6-7-17-14(11-16)8-9-19-17/h4-11,19H,1-3H2,(H2,20,21,22). The molecular weight excluding hydrogens is 274 g/mol. The van der Waals surface area contributed by atoms with Gasteiger partial charge < -0.3 is 15.6 Å². The first kappa shape index (κ1) is 13.0. The van der Waals surface area contributed by atoms with Gasteiger partial charge in [-0.15, -0.1) is 0 Å². The fourth-order valence-corrected chi connectivity index (χ4v) is 3.07. The van der Waals surface area contributed by atoms with Gasteiger partial charge in [-0.1, -0.05) is 6.07 Å². The molecule has 22 heavy (non-hydrogen) atoms. The van der Waals surface area contributed by atoms with Crippen molar-refractivity contribution in [3.05, 3.63) is 59.8 Å². The summed E-state index contributed by atoms with van der Waals surface area (Å²) in [6.07, 6.45) is 5.36. The van der Waals surface area contributed by atoms with Crippen molar-refractivity contribution in [3.63, 3.8) is 0 Å². The Bertz CT molecular complexity index is 850. The predicted molar refractivity (Wildman–Crippen MR) is 89.4 cm³/mol. The highest BCUT2D eigenvalue weighted by atomic mass is 16.2. The van der Waals surface area contributed by atoms with Crippen molar-refractivity contribution in [1.29, 1.82) is 0 Å². The van der Waals surface area contributed by atoms with E-state index in [4.69, 9.17) is 0 Å². The van der Waals surface area contributed by atoms with Gasteiger partial charge in [-0.25, -0.2) is 4.79 Å². The number of anilines is 2. The summed E-state index contributed by atoms with van der Waals surface area (Å²) in [6.45, 7) is 0. The molecular formula is C18H17N3O. The molecule has 3 N–H and O–H groups in total. The Labute approximate surface area is 128 Å². The van der Waals surface area contributed by atoms with Gasteiger partial charge in [0, 0.05) is 28.5 Å². The Kier molecular flexibility index (Phi) is 3.07. The zero-order chi connectivity index (χ0) is 14.9. The van der Waals surface area contributed by atoms with E-state index >= 15 is 0 Å². The van der Waals surface area contributed by atoms with E-state index < -0.39 is 0 Å². The SMILES string of the molecule is O=C(Nc1ccc2c(c1)CCC2)Nc1ccc2[nH]ccc2c1. The van der Waals surface area contributed by atoms with Gasteiger partial charge in [0.2, 0.25) is 0 Å². The van der Waals surface area contributed by atoms with Gasteiger partial charge in [0.05, 0.1) is 0 Å². The van der Waals surface area contributed by atoms with Crippen LogP contribution in [0.1, 0.15) is 17.5 Å². The zero-order valence-corrected chi connectivity index (χ0v) is 12.1. The van der Waals surface area contributed by atoms with Gasteiger partial charge in [-0.05, 0) is 66.8 Å². The Hall–Kier alpha value is -2.75. The summed E-state index contributed by atoms with van der Waals surface area (Å²) in [7, 11) is 0. The molecule has 1 aliphatic rings. The minimum atomic E-state index is -0.215. The smallest absolute Gasteiger partial charge is 0.323 e. The minimum absolute atomic E-state index is 0.215. The summed E-state index contributed by atoms with van der Waals surface area (Å²) in [5, 5.41) is 6.86. The number of aryl methyl sites for hydroxylation is 2. The highest BCUT2D eigenvalue weighted by Crippen LogP contribution is 2.25. The van der Waals surface area contributed by atoms with Gasteiger partial charge in [-0.2, -0.15) is 0 Å². The molecule has 2 amide bonds. The van der Waals surface area contributed by atoms with E-state index in [1.54, 1.807) is 0 Å². The molecule has 4 heteroatoms. The van der Waals surface area contributed by atoms with Gasteiger partial charge in [-0.3, -0.25) is 0 Å². The highest BCUT2D eigenvalue weighted by Gasteiger charge is 2.11. The molecule has 0 fully saturated rings. The summed E-state index contributed by atoms with van der Waals surface area (Å²) in [4.78, 5) is 15.3. The average molecular weight is 291 g/mol. The number of fused-ring (bicyclic) bond motifs is 2. The summed E-state index contributed by atoms with van der Waals surface area (Å²) in [5.74, 6) is 0. The quantitative estimate of drug-likeness (QED) is 0.647. The summed E-state index contributed by atoms with van der Waals surface area (Å²) in [6, 6.07) is 13.7. The van der Waals surface area contributed by atoms with Crippen LogP contribution in [0.3, 0.4) is 0 Å². The zero-order valence-electron chi connectivity index (χ0n) is 12.1. The summed E-state index contributed by atoms with van der Waals surface area (Å²) in [5.41, 5.74) is 5.45. The molecule has 0 saturated heterocycles. The van der Waals surface area contributed by atoms with Crippen LogP contribution in [0.4, 0.5) is 16.2 Å². The van der Waals surface area contributed by atoms with Crippen molar-refractivity contribution in [2.24, 2.45) is 0 Å². The van der Waals surface area contributed by atoms with Crippen molar-refractivity contribution < 1.29 is 4.79 Å². The molecule has 3 aromatic rings. The van der Waals surface area contributed by atoms with Crippen LogP contribution in [0.25, 0.3) is 10.9 Å². The second-order valence-corrected chi connectivity index (χ2v) is 5.70. The Morgan fingerprint density at radius 2 is 1.68 bits per heavy atom. The molecule has 0 saturated carbocycles. The van der Waals surface area contributed by atoms with E-state index in [0.717, 1.165) is 35.1 Å². The van der Waals surface area contributed by atoms with Gasteiger partial charge in [0.25, 0.3) is 0 Å². The lowest BCUT2D eigenvalue weighted by molar-refractivity contribution is 0.262. The number of amides is 2. The minimum Gasteiger partial charge on any atom is -0.361 e. The highest BCUT2D eigenvalue weighted by molar-refractivity contribution is 6.01. The summed E-state index contributed by atoms with van der Waals surface area (Å²) >= 11 is 0. The molecule has 0 radical (unpaired) electrons. The number of carbonyl (C=O) groups excluding carboxylic acids is 1. The molecule has 0 atom stereocenters. The Morgan fingerprint density at radius 3 is 2.59 bits per heavy atom. The van der Waals surface area contributed by atoms with E-state index in [0.29, 0.717) is 0 Å². The molecule has 2 aromatic carbocycles. The van der Waals surface area contributed by atoms with Crippen LogP contribution in [0.15, 0.2) is 48.7 Å². The van der Waals surface area contributed by atoms with E-state index in [-0.39, 0.29) is 6.03 Å². The van der Waals surface area contributed by atoms with Crippen molar-refractivity contribution in [3.8, 4) is 0 Å². The number of H-pyrrole nitrogens is 1. The van der Waals surface area contributed by atoms with Crippen LogP contribution >= 0.6 is 0 Å². The number of aromatic amines is 1. The second kappa shape index (κ2) is 5.22. The molecule has 110 valence electrons. The molecule has 4 nitrogen and oxygen atoms in total. The predicted octanol–water partition coefficient (Wildman–Crippen LogP) is 4.30. The maximum Gasteiger partial charge on any atom is 0.323 e. The fraction of sp³-hybridized carbons (Fsp3) is 0.167. The van der Waals surface area contributed by atoms with E-state index in [9.17, 15) is 4.79 Å². The third kappa shape index (κ3) is 2.44. The van der Waals surface area contributed by atoms with E-state index in [1.165, 1.54) is 17.5 Å². The van der Waals surface area contributed by atoms with Gasteiger partial charge in [0.1, 0.15) is 0 Å². The second-order valence-electron chi connectivity index (χ2n) is 5.70. The van der Waals surface area contributed by atoms with Crippen molar-refractivity contribution in [2.75, 3.05) is 10.6 Å². The topological polar surface area (TPSA) is 56.9 Å². The first-order chi connectivity index (χ1) is 10.8. The van der Waals surface area contributed by atoms with Gasteiger partial charge >= 0.3 is 6.03 Å². The maximum absolute atomic E-state index is 12.1. The van der Waals surface area contributed by atoms with Crippen LogP contribution in [0, 0.1) is 0 Å². The average Bonchev–Trinajstić information content (AvgIpc) is 3.14. The van der Waals surface area contributed by atoms with Crippen LogP contribution in [-0.4, -0.2) is 11.0 Å². The summed E-state index contributed by atoms with van der Waals surface area (Å²) < 4.78 is 0. The monoisotopic (exact) mass is 291 g/mol. The Morgan fingerprint density at radius 1 is 0.909 bits per heavy atom. The number of rotatable bonds is 2. The molecule has 1 aromatic heterocycles. The van der Waals surface area contributed by atoms with E-state index in [1.807, 2.05) is 36.5 Å². The number of hydrogen-bond donors (Lipinski definition) is 3. The van der Waals surface area contributed by atoms with Gasteiger partial charge in [0.15, 0.2) is 0 Å². The van der Waals surface area contributed by atoms with Crippen molar-refractivity contribution in [2.45, 2.75) is 19.3 Å². The first-order valence-corrected chi connectivity index (χ1v) is 7.55. The Balaban J connectivity index is 1.47. The molecule has 1 aliphatic carbocycles. The van der Waals surface area contributed by atoms with E-state index in [2.05, 4.69) is 27.8 Å². The molecule has 1 heterocycles. The lowest BCUT2D eigenvalue weighted by Crippen LogP contribution is -2.19. The lowest BCUT2D eigenvalue weighted by Gasteiger charge is -2.09. The fourth-order valence-electron chi connectivity index (χ4n) is 3.07. The normalized spacial score (nSPS) is 13.1. The molecule has 0 spiro atoms. The lowest BCUT2D eigenvalue weighted by atomic mass is 10.1. The first-order valence-electron chi connectivity index (χ1n) is 7.55. The number of urea groups is 1. The van der Waals surface area contributed by atoms with Crippen molar-refractivity contribution in [1.82, 2.24) is 4.98 Å². The molecule has 0 aliphatic heterocycles. The number of aromatic nitrogens is 1. The number of nitrogens with one attached hydrogen (secondary N) is 3. The third-order valence-electron chi connectivity index (χ3n) is 4.17. The van der Waals surface area contributed by atoms with Crippen LogP contribution in [-0.2, 0) is 12.8 Å². The van der Waals surface area contributed by atoms with Crippen molar-refractivity contribution >= 4 is 28.3 Å². The number of hydrogen-bond acceptors (Lipinski definition) is 1. The maximum atomic E-state index is 12.1. The largest absolute Gasteiger partial charge is 0.361 e. The molecule has 0 bridgehead atoms. The van der Waals surface area contributed by atoms with Crippen LogP contribution in [0.2, 0.25) is 0 Å². The number of benzene rings is 2. The van der Waals surface area contributed by atoms with Crippen LogP contribution < -0.4 is 10.6 Å². The number of carbonyl (C=O) groups is 1. The third-order valence-corrected chi connectivity index (χ3v) is 4.17. The molecule has 0 unspecified atom stereocenters.